The smallest absolute Gasteiger partial charge is 0.337 e. The summed E-state index contributed by atoms with van der Waals surface area (Å²) in [5.41, 5.74) is 4.18. The molecule has 0 spiro atoms. The lowest BCUT2D eigenvalue weighted by atomic mass is 9.96. The Hall–Kier alpha value is -4.65. The van der Waals surface area contributed by atoms with Gasteiger partial charge in [-0.25, -0.2) is 4.79 Å². The van der Waals surface area contributed by atoms with Crippen LogP contribution in [-0.2, 0) is 6.54 Å². The zero-order valence-electron chi connectivity index (χ0n) is 17.5. The maximum absolute atomic E-state index is 11.5. The summed E-state index contributed by atoms with van der Waals surface area (Å²) in [6.07, 6.45) is 4.67. The molecule has 0 atom stereocenters. The van der Waals surface area contributed by atoms with Crippen molar-refractivity contribution in [1.29, 1.82) is 0 Å². The number of aromatic nitrogens is 4. The molecule has 2 N–H and O–H groups in total. The van der Waals surface area contributed by atoms with Crippen LogP contribution in [-0.4, -0.2) is 31.2 Å². The third kappa shape index (κ3) is 4.12. The molecule has 0 bridgehead atoms. The quantitative estimate of drug-likeness (QED) is 0.386. The highest BCUT2D eigenvalue weighted by Gasteiger charge is 2.17. The first-order valence-corrected chi connectivity index (χ1v) is 10.4. The molecule has 3 aromatic heterocycles. The number of nitrogens with one attached hydrogen (secondary N) is 1. The fourth-order valence-corrected chi connectivity index (χ4v) is 3.77. The van der Waals surface area contributed by atoms with E-state index < -0.39 is 5.97 Å². The summed E-state index contributed by atoms with van der Waals surface area (Å²) in [7, 11) is 0. The van der Waals surface area contributed by atoms with E-state index in [9.17, 15) is 9.90 Å². The normalized spacial score (nSPS) is 10.8. The van der Waals surface area contributed by atoms with Crippen molar-refractivity contribution >= 4 is 22.6 Å². The monoisotopic (exact) mass is 433 g/mol. The van der Waals surface area contributed by atoms with Gasteiger partial charge in [0.05, 0.1) is 17.8 Å². The van der Waals surface area contributed by atoms with Crippen LogP contribution in [0.2, 0.25) is 0 Å². The van der Waals surface area contributed by atoms with E-state index in [4.69, 9.17) is 0 Å². The van der Waals surface area contributed by atoms with Gasteiger partial charge in [0.15, 0.2) is 5.82 Å². The first-order chi connectivity index (χ1) is 16.2. The van der Waals surface area contributed by atoms with Gasteiger partial charge in [0.2, 0.25) is 0 Å². The third-order valence-corrected chi connectivity index (χ3v) is 5.31. The van der Waals surface area contributed by atoms with Crippen LogP contribution >= 0.6 is 0 Å². The lowest BCUT2D eigenvalue weighted by molar-refractivity contribution is 0.0696. The van der Waals surface area contributed by atoms with Crippen LogP contribution in [0.4, 0.5) is 5.82 Å². The van der Waals surface area contributed by atoms with Gasteiger partial charge in [-0.1, -0.05) is 54.6 Å². The van der Waals surface area contributed by atoms with Crippen molar-refractivity contribution < 1.29 is 9.90 Å². The molecule has 0 aliphatic carbocycles. The van der Waals surface area contributed by atoms with Crippen LogP contribution in [0.15, 0.2) is 91.4 Å². The Labute approximate surface area is 189 Å². The maximum atomic E-state index is 11.5. The minimum atomic E-state index is -1.04. The molecule has 7 nitrogen and oxygen atoms in total. The zero-order chi connectivity index (χ0) is 22.6. The number of hydrogen-bond acceptors (Lipinski definition) is 6. The summed E-state index contributed by atoms with van der Waals surface area (Å²) in [6.45, 7) is 0.489. The maximum Gasteiger partial charge on any atom is 0.337 e. The number of anilines is 1. The van der Waals surface area contributed by atoms with E-state index in [1.807, 2.05) is 66.7 Å². The van der Waals surface area contributed by atoms with Gasteiger partial charge in [0, 0.05) is 34.9 Å². The van der Waals surface area contributed by atoms with Gasteiger partial charge in [-0.3, -0.25) is 9.97 Å². The number of carboxylic acid groups (broad SMARTS) is 1. The molecule has 0 saturated carbocycles. The lowest BCUT2D eigenvalue weighted by Crippen LogP contribution is -2.06. The Balaban J connectivity index is 1.70. The number of aromatic carboxylic acids is 1. The number of fused-ring (bicyclic) bond motifs is 1. The fraction of sp³-hybridized carbons (Fsp3) is 0.0385. The van der Waals surface area contributed by atoms with E-state index in [1.165, 1.54) is 6.20 Å². The Morgan fingerprint density at radius 1 is 0.879 bits per heavy atom. The lowest BCUT2D eigenvalue weighted by Gasteiger charge is -2.15. The molecule has 0 unspecified atom stereocenters. The molecule has 0 radical (unpaired) electrons. The molecule has 0 amide bonds. The van der Waals surface area contributed by atoms with Crippen molar-refractivity contribution in [3.8, 4) is 22.4 Å². The molecular formula is C26H19N5O2. The van der Waals surface area contributed by atoms with Crippen molar-refractivity contribution in [3.63, 3.8) is 0 Å². The number of hydrogen-bond donors (Lipinski definition) is 2. The highest BCUT2D eigenvalue weighted by Crippen LogP contribution is 2.37. The summed E-state index contributed by atoms with van der Waals surface area (Å²) in [4.78, 5) is 19.9. The van der Waals surface area contributed by atoms with Crippen LogP contribution in [0.1, 0.15) is 16.1 Å². The fourth-order valence-electron chi connectivity index (χ4n) is 3.77. The van der Waals surface area contributed by atoms with Crippen LogP contribution in [0.3, 0.4) is 0 Å². The number of carboxylic acids is 1. The van der Waals surface area contributed by atoms with Crippen molar-refractivity contribution in [2.24, 2.45) is 0 Å². The number of rotatable bonds is 6. The molecule has 5 aromatic rings. The first-order valence-electron chi connectivity index (χ1n) is 10.4. The molecule has 2 aromatic carbocycles. The second-order valence-electron chi connectivity index (χ2n) is 7.43. The zero-order valence-corrected chi connectivity index (χ0v) is 17.5. The second-order valence-corrected chi connectivity index (χ2v) is 7.43. The van der Waals surface area contributed by atoms with E-state index in [1.54, 1.807) is 18.5 Å². The average Bonchev–Trinajstić information content (AvgIpc) is 2.88. The molecule has 7 heteroatoms. The van der Waals surface area contributed by atoms with Crippen LogP contribution in [0, 0.1) is 0 Å². The molecule has 33 heavy (non-hydrogen) atoms. The molecule has 3 heterocycles. The second kappa shape index (κ2) is 8.84. The summed E-state index contributed by atoms with van der Waals surface area (Å²) in [5.74, 6) is -0.415. The number of nitrogens with zero attached hydrogens (tertiary/aromatic N) is 4. The molecule has 0 aliphatic heterocycles. The van der Waals surface area contributed by atoms with Gasteiger partial charge in [0.25, 0.3) is 0 Å². The van der Waals surface area contributed by atoms with Gasteiger partial charge < -0.3 is 10.4 Å². The summed E-state index contributed by atoms with van der Waals surface area (Å²) in [5, 5.41) is 23.5. The SMILES string of the molecule is O=C(O)c1cncc(-c2nnc(NCc3ccccn3)c3c(-c4ccccc4)cccc23)c1. The van der Waals surface area contributed by atoms with Gasteiger partial charge in [-0.15, -0.1) is 10.2 Å². The van der Waals surface area contributed by atoms with E-state index in [-0.39, 0.29) is 5.56 Å². The Bertz CT molecular complexity index is 1440. The van der Waals surface area contributed by atoms with Gasteiger partial charge in [-0.2, -0.15) is 0 Å². The van der Waals surface area contributed by atoms with Crippen molar-refractivity contribution in [1.82, 2.24) is 20.2 Å². The highest BCUT2D eigenvalue weighted by molar-refractivity contribution is 6.08. The molecular weight excluding hydrogens is 414 g/mol. The summed E-state index contributed by atoms with van der Waals surface area (Å²) >= 11 is 0. The van der Waals surface area contributed by atoms with Gasteiger partial charge in [0.1, 0.15) is 5.69 Å². The Morgan fingerprint density at radius 3 is 2.52 bits per heavy atom. The molecule has 160 valence electrons. The molecule has 0 saturated heterocycles. The number of carbonyl (C=O) groups is 1. The minimum Gasteiger partial charge on any atom is -0.478 e. The molecule has 0 fully saturated rings. The van der Waals surface area contributed by atoms with Crippen molar-refractivity contribution in [3.05, 3.63) is 103 Å². The molecule has 5 rings (SSSR count). The summed E-state index contributed by atoms with van der Waals surface area (Å²) in [6, 6.07) is 23.3. The van der Waals surface area contributed by atoms with Gasteiger partial charge >= 0.3 is 5.97 Å². The highest BCUT2D eigenvalue weighted by atomic mass is 16.4. The standard InChI is InChI=1S/C26H19N5O2/c32-26(33)19-13-18(14-27-15-19)24-22-11-6-10-21(17-7-2-1-3-8-17)23(22)25(31-30-24)29-16-20-9-4-5-12-28-20/h1-15H,16H2,(H,29,31)(H,32,33). The van der Waals surface area contributed by atoms with Crippen LogP contribution in [0.5, 0.6) is 0 Å². The van der Waals surface area contributed by atoms with Crippen LogP contribution in [0.25, 0.3) is 33.2 Å². The Kier molecular flexibility index (Phi) is 5.43. The number of benzene rings is 2. The Morgan fingerprint density at radius 2 is 1.73 bits per heavy atom. The third-order valence-electron chi connectivity index (χ3n) is 5.31. The van der Waals surface area contributed by atoms with Crippen LogP contribution < -0.4 is 5.32 Å². The van der Waals surface area contributed by atoms with Gasteiger partial charge in [-0.05, 0) is 29.3 Å². The van der Waals surface area contributed by atoms with E-state index in [0.717, 1.165) is 27.6 Å². The molecule has 0 aliphatic rings. The van der Waals surface area contributed by atoms with E-state index in [0.29, 0.717) is 23.6 Å². The predicted octanol–water partition coefficient (Wildman–Crippen LogP) is 5.06. The largest absolute Gasteiger partial charge is 0.478 e. The first kappa shape index (κ1) is 20.3. The van der Waals surface area contributed by atoms with E-state index >= 15 is 0 Å². The average molecular weight is 433 g/mol. The minimum absolute atomic E-state index is 0.0963. The predicted molar refractivity (Wildman–Crippen MR) is 127 cm³/mol. The van der Waals surface area contributed by atoms with Crippen molar-refractivity contribution in [2.45, 2.75) is 6.54 Å². The topological polar surface area (TPSA) is 101 Å². The van der Waals surface area contributed by atoms with Crippen molar-refractivity contribution in [2.75, 3.05) is 5.32 Å². The summed E-state index contributed by atoms with van der Waals surface area (Å²) < 4.78 is 0. The van der Waals surface area contributed by atoms with E-state index in [2.05, 4.69) is 25.5 Å². The number of pyridine rings is 2.